The van der Waals surface area contributed by atoms with Crippen LogP contribution in [0.5, 0.6) is 5.75 Å². The van der Waals surface area contributed by atoms with Crippen molar-refractivity contribution in [1.82, 2.24) is 9.97 Å². The van der Waals surface area contributed by atoms with Crippen molar-refractivity contribution < 1.29 is 14.3 Å². The number of anilines is 2. The Morgan fingerprint density at radius 2 is 2.12 bits per heavy atom. The van der Waals surface area contributed by atoms with Crippen LogP contribution in [0.3, 0.4) is 0 Å². The maximum Gasteiger partial charge on any atom is 0.256 e. The number of hydrogen-bond donors (Lipinski definition) is 2. The molecule has 0 bridgehead atoms. The van der Waals surface area contributed by atoms with Crippen molar-refractivity contribution in [3.63, 3.8) is 0 Å². The average molecular weight is 354 g/mol. The highest BCUT2D eigenvalue weighted by atomic mass is 16.5. The van der Waals surface area contributed by atoms with Gasteiger partial charge >= 0.3 is 0 Å². The number of morpholine rings is 1. The largest absolute Gasteiger partial charge is 0.491 e. The Morgan fingerprint density at radius 3 is 2.88 bits per heavy atom. The van der Waals surface area contributed by atoms with Crippen LogP contribution >= 0.6 is 0 Å². The first-order valence-corrected chi connectivity index (χ1v) is 8.82. The Morgan fingerprint density at radius 1 is 1.31 bits per heavy atom. The molecule has 1 amide bonds. The maximum atomic E-state index is 12.4. The number of imidazole rings is 1. The molecule has 7 heteroatoms. The summed E-state index contributed by atoms with van der Waals surface area (Å²) in [5.41, 5.74) is 3.03. The monoisotopic (exact) mass is 354 g/mol. The van der Waals surface area contributed by atoms with Gasteiger partial charge in [-0.3, -0.25) is 4.79 Å². The van der Waals surface area contributed by atoms with Crippen LogP contribution in [-0.4, -0.2) is 48.3 Å². The molecule has 0 unspecified atom stereocenters. The van der Waals surface area contributed by atoms with Gasteiger partial charge in [-0.15, -0.1) is 0 Å². The fourth-order valence-corrected chi connectivity index (χ4v) is 3.14. The van der Waals surface area contributed by atoms with Crippen LogP contribution in [0, 0.1) is 0 Å². The highest BCUT2D eigenvalue weighted by molar-refractivity contribution is 6.34. The lowest BCUT2D eigenvalue weighted by Gasteiger charge is -2.26. The third-order valence-electron chi connectivity index (χ3n) is 4.34. The number of rotatable bonds is 4. The van der Waals surface area contributed by atoms with Crippen molar-refractivity contribution in [1.29, 1.82) is 0 Å². The molecule has 1 aromatic heterocycles. The number of aromatic amines is 1. The molecule has 136 valence electrons. The van der Waals surface area contributed by atoms with E-state index >= 15 is 0 Å². The molecule has 0 radical (unpaired) electrons. The predicted molar refractivity (Wildman–Crippen MR) is 100 cm³/mol. The van der Waals surface area contributed by atoms with Gasteiger partial charge in [-0.05, 0) is 38.1 Å². The molecule has 26 heavy (non-hydrogen) atoms. The van der Waals surface area contributed by atoms with E-state index in [0.717, 1.165) is 41.7 Å². The summed E-state index contributed by atoms with van der Waals surface area (Å²) in [6, 6.07) is 5.64. The Labute approximate surface area is 152 Å². The Bertz CT molecular complexity index is 850. The summed E-state index contributed by atoms with van der Waals surface area (Å²) < 4.78 is 11.1. The van der Waals surface area contributed by atoms with Gasteiger partial charge in [-0.1, -0.05) is 0 Å². The summed E-state index contributed by atoms with van der Waals surface area (Å²) in [5, 5.41) is 2.89. The predicted octanol–water partition coefficient (Wildman–Crippen LogP) is 2.53. The van der Waals surface area contributed by atoms with Crippen LogP contribution in [0.25, 0.3) is 11.6 Å². The van der Waals surface area contributed by atoms with Crippen LogP contribution < -0.4 is 15.0 Å². The van der Waals surface area contributed by atoms with E-state index in [2.05, 4.69) is 20.2 Å². The number of ether oxygens (including phenoxy) is 2. The molecule has 7 nitrogen and oxygen atoms in total. The van der Waals surface area contributed by atoms with Gasteiger partial charge in [0.1, 0.15) is 5.75 Å². The van der Waals surface area contributed by atoms with Gasteiger partial charge in [-0.2, -0.15) is 0 Å². The van der Waals surface area contributed by atoms with Crippen LogP contribution in [0.4, 0.5) is 11.6 Å². The third kappa shape index (κ3) is 3.30. The van der Waals surface area contributed by atoms with E-state index in [9.17, 15) is 4.79 Å². The van der Waals surface area contributed by atoms with E-state index < -0.39 is 0 Å². The van der Waals surface area contributed by atoms with Crippen molar-refractivity contribution in [3.05, 3.63) is 35.7 Å². The number of hydrogen-bond acceptors (Lipinski definition) is 5. The van der Waals surface area contributed by atoms with Crippen LogP contribution in [0.15, 0.2) is 24.4 Å². The molecule has 1 saturated heterocycles. The van der Waals surface area contributed by atoms with E-state index in [-0.39, 0.29) is 12.0 Å². The molecule has 4 rings (SSSR count). The van der Waals surface area contributed by atoms with Crippen molar-refractivity contribution in [3.8, 4) is 5.75 Å². The van der Waals surface area contributed by atoms with E-state index in [1.54, 1.807) is 6.20 Å². The topological polar surface area (TPSA) is 79.5 Å². The fourth-order valence-electron chi connectivity index (χ4n) is 3.14. The van der Waals surface area contributed by atoms with Gasteiger partial charge in [0, 0.05) is 24.3 Å². The van der Waals surface area contributed by atoms with Gasteiger partial charge < -0.3 is 24.7 Å². The number of benzene rings is 1. The van der Waals surface area contributed by atoms with Crippen LogP contribution in [-0.2, 0) is 9.53 Å². The quantitative estimate of drug-likeness (QED) is 0.825. The summed E-state index contributed by atoms with van der Waals surface area (Å²) in [6.07, 6.45) is 3.66. The lowest BCUT2D eigenvalue weighted by molar-refractivity contribution is -0.110. The molecule has 2 aromatic rings. The molecule has 0 spiro atoms. The number of amides is 1. The van der Waals surface area contributed by atoms with Gasteiger partial charge in [0.2, 0.25) is 5.95 Å². The van der Waals surface area contributed by atoms with E-state index in [1.807, 2.05) is 38.1 Å². The van der Waals surface area contributed by atoms with E-state index in [0.29, 0.717) is 18.8 Å². The zero-order valence-corrected chi connectivity index (χ0v) is 14.9. The minimum Gasteiger partial charge on any atom is -0.491 e. The van der Waals surface area contributed by atoms with E-state index in [1.165, 1.54) is 0 Å². The van der Waals surface area contributed by atoms with Gasteiger partial charge in [-0.25, -0.2) is 4.98 Å². The third-order valence-corrected chi connectivity index (χ3v) is 4.34. The summed E-state index contributed by atoms with van der Waals surface area (Å²) in [7, 11) is 0. The van der Waals surface area contributed by atoms with Crippen molar-refractivity contribution >= 4 is 29.2 Å². The number of nitrogens with one attached hydrogen (secondary N) is 2. The molecule has 3 heterocycles. The second-order valence-corrected chi connectivity index (χ2v) is 6.65. The first-order valence-electron chi connectivity index (χ1n) is 8.82. The molecule has 0 aliphatic carbocycles. The molecule has 0 atom stereocenters. The zero-order valence-electron chi connectivity index (χ0n) is 14.9. The molecule has 2 aliphatic rings. The SMILES string of the molecule is CC(C)Oc1ccc2c(c1)/C(=C/c1cnc(N3CCOCC3)[nH]1)C(=O)N2. The molecule has 2 N–H and O–H groups in total. The normalized spacial score (nSPS) is 18.3. The number of carbonyl (C=O) groups is 1. The second-order valence-electron chi connectivity index (χ2n) is 6.65. The van der Waals surface area contributed by atoms with Crippen LogP contribution in [0.2, 0.25) is 0 Å². The first kappa shape index (κ1) is 16.7. The van der Waals surface area contributed by atoms with Crippen LogP contribution in [0.1, 0.15) is 25.1 Å². The lowest BCUT2D eigenvalue weighted by atomic mass is 10.1. The number of fused-ring (bicyclic) bond motifs is 1. The Balaban J connectivity index is 1.62. The van der Waals surface area contributed by atoms with Gasteiger partial charge in [0.15, 0.2) is 0 Å². The summed E-state index contributed by atoms with van der Waals surface area (Å²) in [4.78, 5) is 22.3. The molecule has 0 saturated carbocycles. The number of aromatic nitrogens is 2. The highest BCUT2D eigenvalue weighted by Gasteiger charge is 2.25. The first-order chi connectivity index (χ1) is 12.6. The Hall–Kier alpha value is -2.80. The molecule has 1 aromatic carbocycles. The molecule has 1 fully saturated rings. The summed E-state index contributed by atoms with van der Waals surface area (Å²) in [6.45, 7) is 6.97. The molecule has 2 aliphatic heterocycles. The summed E-state index contributed by atoms with van der Waals surface area (Å²) in [5.74, 6) is 1.43. The van der Waals surface area contributed by atoms with E-state index in [4.69, 9.17) is 9.47 Å². The number of nitrogens with zero attached hydrogens (tertiary/aromatic N) is 2. The second kappa shape index (κ2) is 6.84. The molecular weight excluding hydrogens is 332 g/mol. The zero-order chi connectivity index (χ0) is 18.1. The highest BCUT2D eigenvalue weighted by Crippen LogP contribution is 2.35. The minimum absolute atomic E-state index is 0.0780. The summed E-state index contributed by atoms with van der Waals surface area (Å²) >= 11 is 0. The molecular formula is C19H22N4O3. The maximum absolute atomic E-state index is 12.4. The van der Waals surface area contributed by atoms with Crippen molar-refractivity contribution in [2.75, 3.05) is 36.5 Å². The van der Waals surface area contributed by atoms with Crippen molar-refractivity contribution in [2.24, 2.45) is 0 Å². The van der Waals surface area contributed by atoms with Gasteiger partial charge in [0.25, 0.3) is 5.91 Å². The lowest BCUT2D eigenvalue weighted by Crippen LogP contribution is -2.36. The number of H-pyrrole nitrogens is 1. The minimum atomic E-state index is -0.121. The smallest absolute Gasteiger partial charge is 0.256 e. The van der Waals surface area contributed by atoms with Gasteiger partial charge in [0.05, 0.1) is 36.8 Å². The number of carbonyl (C=O) groups excluding carboxylic acids is 1. The van der Waals surface area contributed by atoms with Crippen molar-refractivity contribution in [2.45, 2.75) is 20.0 Å². The fraction of sp³-hybridized carbons (Fsp3) is 0.368. The average Bonchev–Trinajstić information content (AvgIpc) is 3.21. The standard InChI is InChI=1S/C19H22N4O3/c1-12(2)26-14-3-4-17-15(10-14)16(18(24)22-17)9-13-11-20-19(21-13)23-5-7-25-8-6-23/h3-4,9-12H,5-8H2,1-2H3,(H,20,21)(H,22,24)/b16-9-. The Kier molecular flexibility index (Phi) is 4.38.